The van der Waals surface area contributed by atoms with Crippen LogP contribution in [0.5, 0.6) is 11.5 Å². The quantitative estimate of drug-likeness (QED) is 0.606. The molecular formula is C19H16N2O2. The van der Waals surface area contributed by atoms with Gasteiger partial charge in [-0.25, -0.2) is 4.98 Å². The van der Waals surface area contributed by atoms with Crippen molar-refractivity contribution >= 4 is 21.8 Å². The van der Waals surface area contributed by atoms with Crippen LogP contribution in [0.25, 0.3) is 33.2 Å². The summed E-state index contributed by atoms with van der Waals surface area (Å²) in [5, 5.41) is 12.5. The van der Waals surface area contributed by atoms with E-state index in [1.54, 1.807) is 13.2 Å². The fraction of sp³-hybridized carbons (Fsp3) is 0.105. The molecule has 4 nitrogen and oxygen atoms in total. The lowest BCUT2D eigenvalue weighted by atomic mass is 10.0. The topological polar surface area (TPSA) is 47.3 Å². The van der Waals surface area contributed by atoms with E-state index in [0.29, 0.717) is 0 Å². The van der Waals surface area contributed by atoms with Crippen LogP contribution >= 0.6 is 0 Å². The van der Waals surface area contributed by atoms with E-state index in [4.69, 9.17) is 9.72 Å². The molecule has 114 valence electrons. The molecular weight excluding hydrogens is 288 g/mol. The van der Waals surface area contributed by atoms with Gasteiger partial charge in [0.1, 0.15) is 17.3 Å². The van der Waals surface area contributed by atoms with Gasteiger partial charge in [-0.3, -0.25) is 0 Å². The molecule has 0 aliphatic rings. The molecule has 0 spiro atoms. The number of nitrogens with zero attached hydrogens (tertiary/aromatic N) is 2. The molecule has 0 aliphatic heterocycles. The van der Waals surface area contributed by atoms with E-state index in [2.05, 4.69) is 0 Å². The molecule has 0 saturated carbocycles. The van der Waals surface area contributed by atoms with Gasteiger partial charge in [0, 0.05) is 13.1 Å². The first kappa shape index (κ1) is 13.6. The van der Waals surface area contributed by atoms with Crippen molar-refractivity contribution in [2.75, 3.05) is 7.11 Å². The third-order valence-corrected chi connectivity index (χ3v) is 4.22. The third kappa shape index (κ3) is 2.03. The molecule has 1 aromatic heterocycles. The van der Waals surface area contributed by atoms with Crippen molar-refractivity contribution in [2.45, 2.75) is 0 Å². The lowest BCUT2D eigenvalue weighted by Crippen LogP contribution is -1.94. The van der Waals surface area contributed by atoms with Crippen molar-refractivity contribution in [3.05, 3.63) is 54.6 Å². The van der Waals surface area contributed by atoms with Crippen molar-refractivity contribution in [1.29, 1.82) is 0 Å². The maximum atomic E-state index is 10.4. The van der Waals surface area contributed by atoms with Crippen LogP contribution in [0.4, 0.5) is 0 Å². The van der Waals surface area contributed by atoms with E-state index < -0.39 is 0 Å². The minimum Gasteiger partial charge on any atom is -0.507 e. The van der Waals surface area contributed by atoms with E-state index in [0.717, 1.165) is 38.9 Å². The summed E-state index contributed by atoms with van der Waals surface area (Å²) in [4.78, 5) is 4.72. The number of rotatable bonds is 2. The Morgan fingerprint density at radius 1 is 1.04 bits per heavy atom. The zero-order valence-corrected chi connectivity index (χ0v) is 12.9. The Morgan fingerprint density at radius 3 is 2.70 bits per heavy atom. The highest BCUT2D eigenvalue weighted by molar-refractivity contribution is 5.99. The molecule has 23 heavy (non-hydrogen) atoms. The van der Waals surface area contributed by atoms with Crippen molar-refractivity contribution < 1.29 is 9.84 Å². The minimum absolute atomic E-state index is 0.231. The molecule has 4 rings (SSSR count). The standard InChI is InChI=1S/C19H16N2O2/c1-21-16-11-13(23-2)8-9-15(16)20-19(21)18-14-6-4-3-5-12(14)7-10-17(18)22/h3-11,22H,1-2H3. The average Bonchev–Trinajstić information content (AvgIpc) is 2.91. The first-order valence-corrected chi connectivity index (χ1v) is 7.40. The van der Waals surface area contributed by atoms with Gasteiger partial charge in [0.05, 0.1) is 23.7 Å². The van der Waals surface area contributed by atoms with E-state index in [-0.39, 0.29) is 5.75 Å². The van der Waals surface area contributed by atoms with Gasteiger partial charge in [-0.15, -0.1) is 0 Å². The van der Waals surface area contributed by atoms with Gasteiger partial charge in [0.2, 0.25) is 0 Å². The van der Waals surface area contributed by atoms with Crippen LogP contribution in [-0.4, -0.2) is 21.8 Å². The largest absolute Gasteiger partial charge is 0.507 e. The molecule has 1 N–H and O–H groups in total. The Kier molecular flexibility index (Phi) is 2.98. The Balaban J connectivity index is 2.07. The van der Waals surface area contributed by atoms with Crippen LogP contribution in [-0.2, 0) is 7.05 Å². The first-order valence-electron chi connectivity index (χ1n) is 7.40. The Labute approximate surface area is 133 Å². The molecule has 0 atom stereocenters. The number of ether oxygens (including phenoxy) is 1. The second kappa shape index (κ2) is 5.02. The molecule has 0 fully saturated rings. The van der Waals surface area contributed by atoms with Crippen molar-refractivity contribution in [3.63, 3.8) is 0 Å². The summed E-state index contributed by atoms with van der Waals surface area (Å²) in [7, 11) is 3.60. The summed E-state index contributed by atoms with van der Waals surface area (Å²) in [6.45, 7) is 0. The number of benzene rings is 3. The smallest absolute Gasteiger partial charge is 0.145 e. The number of methoxy groups -OCH3 is 1. The van der Waals surface area contributed by atoms with E-state index in [1.165, 1.54) is 0 Å². The van der Waals surface area contributed by atoms with Gasteiger partial charge >= 0.3 is 0 Å². The Hall–Kier alpha value is -3.01. The van der Waals surface area contributed by atoms with Gasteiger partial charge in [0.15, 0.2) is 0 Å². The Bertz CT molecular complexity index is 1030. The molecule has 0 saturated heterocycles. The summed E-state index contributed by atoms with van der Waals surface area (Å²) in [6.07, 6.45) is 0. The number of aromatic hydroxyl groups is 1. The summed E-state index contributed by atoms with van der Waals surface area (Å²) >= 11 is 0. The minimum atomic E-state index is 0.231. The highest BCUT2D eigenvalue weighted by Crippen LogP contribution is 2.37. The number of imidazole rings is 1. The average molecular weight is 304 g/mol. The van der Waals surface area contributed by atoms with E-state index >= 15 is 0 Å². The molecule has 0 radical (unpaired) electrons. The zero-order chi connectivity index (χ0) is 16.0. The predicted octanol–water partition coefficient (Wildman–Crippen LogP) is 4.11. The summed E-state index contributed by atoms with van der Waals surface area (Å²) in [5.74, 6) is 1.76. The second-order valence-corrected chi connectivity index (χ2v) is 5.53. The van der Waals surface area contributed by atoms with Crippen LogP contribution in [0.3, 0.4) is 0 Å². The van der Waals surface area contributed by atoms with Gasteiger partial charge < -0.3 is 14.4 Å². The third-order valence-electron chi connectivity index (χ3n) is 4.22. The number of phenolic OH excluding ortho intramolecular Hbond substituents is 1. The van der Waals surface area contributed by atoms with Gasteiger partial charge in [0.25, 0.3) is 0 Å². The summed E-state index contributed by atoms with van der Waals surface area (Å²) in [5.41, 5.74) is 2.59. The summed E-state index contributed by atoms with van der Waals surface area (Å²) < 4.78 is 7.28. The van der Waals surface area contributed by atoms with E-state index in [1.807, 2.05) is 60.1 Å². The number of phenols is 1. The van der Waals surface area contributed by atoms with Crippen LogP contribution < -0.4 is 4.74 Å². The fourth-order valence-corrected chi connectivity index (χ4v) is 3.02. The van der Waals surface area contributed by atoms with Gasteiger partial charge in [-0.1, -0.05) is 30.3 Å². The maximum absolute atomic E-state index is 10.4. The highest BCUT2D eigenvalue weighted by Gasteiger charge is 2.16. The molecule has 0 aliphatic carbocycles. The maximum Gasteiger partial charge on any atom is 0.145 e. The van der Waals surface area contributed by atoms with Crippen LogP contribution in [0, 0.1) is 0 Å². The number of aryl methyl sites for hydroxylation is 1. The molecule has 0 amide bonds. The molecule has 3 aromatic carbocycles. The number of aromatic nitrogens is 2. The fourth-order valence-electron chi connectivity index (χ4n) is 3.02. The molecule has 0 unspecified atom stereocenters. The predicted molar refractivity (Wildman–Crippen MR) is 91.9 cm³/mol. The van der Waals surface area contributed by atoms with Gasteiger partial charge in [-0.05, 0) is 29.0 Å². The monoisotopic (exact) mass is 304 g/mol. The first-order chi connectivity index (χ1) is 11.2. The summed E-state index contributed by atoms with van der Waals surface area (Å²) in [6, 6.07) is 17.4. The molecule has 4 heteroatoms. The van der Waals surface area contributed by atoms with E-state index in [9.17, 15) is 5.11 Å². The molecule has 1 heterocycles. The number of fused-ring (bicyclic) bond motifs is 2. The zero-order valence-electron chi connectivity index (χ0n) is 12.9. The number of hydrogen-bond acceptors (Lipinski definition) is 3. The lowest BCUT2D eigenvalue weighted by molar-refractivity contribution is 0.415. The molecule has 4 aromatic rings. The van der Waals surface area contributed by atoms with Crippen LogP contribution in [0.15, 0.2) is 54.6 Å². The highest BCUT2D eigenvalue weighted by atomic mass is 16.5. The van der Waals surface area contributed by atoms with Crippen molar-refractivity contribution in [3.8, 4) is 22.9 Å². The molecule has 0 bridgehead atoms. The van der Waals surface area contributed by atoms with Crippen LogP contribution in [0.1, 0.15) is 0 Å². The van der Waals surface area contributed by atoms with Crippen molar-refractivity contribution in [1.82, 2.24) is 9.55 Å². The Morgan fingerprint density at radius 2 is 1.87 bits per heavy atom. The second-order valence-electron chi connectivity index (χ2n) is 5.53. The van der Waals surface area contributed by atoms with Crippen LogP contribution in [0.2, 0.25) is 0 Å². The van der Waals surface area contributed by atoms with Crippen molar-refractivity contribution in [2.24, 2.45) is 7.05 Å². The lowest BCUT2D eigenvalue weighted by Gasteiger charge is -2.09. The number of hydrogen-bond donors (Lipinski definition) is 1. The SMILES string of the molecule is COc1ccc2nc(-c3c(O)ccc4ccccc34)n(C)c2c1. The normalized spacial score (nSPS) is 11.2. The van der Waals surface area contributed by atoms with Gasteiger partial charge in [-0.2, -0.15) is 0 Å².